The number of hydrogen-bond acceptors (Lipinski definition) is 4. The Morgan fingerprint density at radius 1 is 1.21 bits per heavy atom. The highest BCUT2D eigenvalue weighted by molar-refractivity contribution is 14.1. The van der Waals surface area contributed by atoms with Crippen LogP contribution in [-0.2, 0) is 6.61 Å². The van der Waals surface area contributed by atoms with E-state index in [4.69, 9.17) is 14.9 Å². The fourth-order valence-electron chi connectivity index (χ4n) is 1.76. The van der Waals surface area contributed by atoms with Crippen molar-refractivity contribution >= 4 is 39.4 Å². The minimum atomic E-state index is 0.300. The number of fused-ring (bicyclic) bond motifs is 1. The second kappa shape index (κ2) is 5.08. The lowest BCUT2D eigenvalue weighted by Gasteiger charge is -2.04. The minimum Gasteiger partial charge on any atom is -0.483 e. The summed E-state index contributed by atoms with van der Waals surface area (Å²) in [7, 11) is 0. The summed E-state index contributed by atoms with van der Waals surface area (Å²) in [5, 5.41) is 0. The van der Waals surface area contributed by atoms with E-state index >= 15 is 0 Å². The zero-order valence-corrected chi connectivity index (χ0v) is 12.1. The fourth-order valence-corrected chi connectivity index (χ4v) is 2.30. The molecule has 0 aliphatic carbocycles. The van der Waals surface area contributed by atoms with E-state index in [0.29, 0.717) is 18.2 Å². The second-order valence-corrected chi connectivity index (χ2v) is 5.22. The predicted molar refractivity (Wildman–Crippen MR) is 81.9 cm³/mol. The zero-order chi connectivity index (χ0) is 13.2. The third-order valence-electron chi connectivity index (χ3n) is 2.64. The van der Waals surface area contributed by atoms with Gasteiger partial charge >= 0.3 is 0 Å². The van der Waals surface area contributed by atoms with Gasteiger partial charge in [0.2, 0.25) is 5.89 Å². The number of anilines is 1. The van der Waals surface area contributed by atoms with Gasteiger partial charge in [0.05, 0.1) is 3.57 Å². The molecule has 0 saturated carbocycles. The quantitative estimate of drug-likeness (QED) is 0.569. The second-order valence-electron chi connectivity index (χ2n) is 4.05. The Hall–Kier alpha value is -1.76. The fraction of sp³-hybridized carbons (Fsp3) is 0.0714. The Bertz CT molecular complexity index is 724. The number of ether oxygens (including phenoxy) is 1. The highest BCUT2D eigenvalue weighted by Crippen LogP contribution is 2.22. The summed E-state index contributed by atoms with van der Waals surface area (Å²) in [4.78, 5) is 4.34. The smallest absolute Gasteiger partial charge is 0.233 e. The molecule has 2 aromatic carbocycles. The molecule has 4 nitrogen and oxygen atoms in total. The molecule has 0 radical (unpaired) electrons. The molecule has 3 rings (SSSR count). The zero-order valence-electron chi connectivity index (χ0n) is 9.97. The third-order valence-corrected chi connectivity index (χ3v) is 3.53. The average molecular weight is 366 g/mol. The molecular formula is C14H11IN2O2. The van der Waals surface area contributed by atoms with Crippen molar-refractivity contribution in [3.63, 3.8) is 0 Å². The lowest BCUT2D eigenvalue weighted by Crippen LogP contribution is -1.96. The summed E-state index contributed by atoms with van der Waals surface area (Å²) in [6, 6.07) is 13.2. The lowest BCUT2D eigenvalue weighted by molar-refractivity contribution is 0.265. The molecule has 1 heterocycles. The monoisotopic (exact) mass is 366 g/mol. The number of aromatic nitrogens is 1. The Balaban J connectivity index is 1.80. The van der Waals surface area contributed by atoms with Gasteiger partial charge in [-0.3, -0.25) is 0 Å². The number of halogens is 1. The van der Waals surface area contributed by atoms with Crippen molar-refractivity contribution in [1.82, 2.24) is 4.98 Å². The predicted octanol–water partition coefficient (Wildman–Crippen LogP) is 3.59. The number of hydrogen-bond donors (Lipinski definition) is 1. The van der Waals surface area contributed by atoms with Gasteiger partial charge < -0.3 is 14.9 Å². The summed E-state index contributed by atoms with van der Waals surface area (Å²) in [6.45, 7) is 0.300. The van der Waals surface area contributed by atoms with E-state index in [1.165, 1.54) is 0 Å². The molecule has 0 fully saturated rings. The number of oxazole rings is 1. The van der Waals surface area contributed by atoms with Gasteiger partial charge in [0, 0.05) is 5.69 Å². The maximum atomic E-state index is 5.70. The molecule has 0 unspecified atom stereocenters. The first-order valence-electron chi connectivity index (χ1n) is 5.74. The van der Waals surface area contributed by atoms with Gasteiger partial charge in [-0.1, -0.05) is 12.1 Å². The normalized spacial score (nSPS) is 10.8. The van der Waals surface area contributed by atoms with E-state index < -0.39 is 0 Å². The van der Waals surface area contributed by atoms with Crippen LogP contribution < -0.4 is 10.5 Å². The summed E-state index contributed by atoms with van der Waals surface area (Å²) in [5.41, 5.74) is 7.85. The molecular weight excluding hydrogens is 355 g/mol. The number of benzene rings is 2. The standard InChI is InChI=1S/C14H11IN2O2/c15-10-3-1-2-4-12(10)18-8-14-17-11-7-9(16)5-6-13(11)19-14/h1-7H,8,16H2. The van der Waals surface area contributed by atoms with Crippen LogP contribution in [0.1, 0.15) is 5.89 Å². The maximum absolute atomic E-state index is 5.70. The van der Waals surface area contributed by atoms with Crippen LogP contribution in [0.15, 0.2) is 46.9 Å². The van der Waals surface area contributed by atoms with Crippen LogP contribution in [0.5, 0.6) is 5.75 Å². The minimum absolute atomic E-state index is 0.300. The van der Waals surface area contributed by atoms with Gasteiger partial charge in [0.15, 0.2) is 12.2 Å². The Morgan fingerprint density at radius 2 is 2.05 bits per heavy atom. The van der Waals surface area contributed by atoms with Gasteiger partial charge in [-0.05, 0) is 52.9 Å². The third kappa shape index (κ3) is 2.65. The van der Waals surface area contributed by atoms with E-state index in [0.717, 1.165) is 20.4 Å². The Labute approximate surface area is 123 Å². The summed E-state index contributed by atoms with van der Waals surface area (Å²) in [6.07, 6.45) is 0. The molecule has 96 valence electrons. The number of nitrogen functional groups attached to an aromatic ring is 1. The molecule has 0 bridgehead atoms. The molecule has 3 aromatic rings. The van der Waals surface area contributed by atoms with E-state index in [9.17, 15) is 0 Å². The molecule has 0 saturated heterocycles. The number of para-hydroxylation sites is 1. The van der Waals surface area contributed by atoms with Crippen molar-refractivity contribution < 1.29 is 9.15 Å². The van der Waals surface area contributed by atoms with Crippen LogP contribution in [0.2, 0.25) is 0 Å². The molecule has 2 N–H and O–H groups in total. The van der Waals surface area contributed by atoms with Crippen LogP contribution in [0, 0.1) is 3.57 Å². The molecule has 0 aliphatic heterocycles. The van der Waals surface area contributed by atoms with Crippen molar-refractivity contribution in [2.75, 3.05) is 5.73 Å². The first-order chi connectivity index (χ1) is 9.22. The van der Waals surface area contributed by atoms with Crippen LogP contribution in [0.4, 0.5) is 5.69 Å². The van der Waals surface area contributed by atoms with Crippen molar-refractivity contribution in [1.29, 1.82) is 0 Å². The number of nitrogens with two attached hydrogens (primary N) is 1. The van der Waals surface area contributed by atoms with Crippen molar-refractivity contribution in [2.45, 2.75) is 6.61 Å². The number of rotatable bonds is 3. The van der Waals surface area contributed by atoms with Gasteiger partial charge in [0.1, 0.15) is 11.3 Å². The Kier molecular flexibility index (Phi) is 3.29. The van der Waals surface area contributed by atoms with E-state index in [1.807, 2.05) is 30.3 Å². The molecule has 0 amide bonds. The van der Waals surface area contributed by atoms with Crippen LogP contribution in [-0.4, -0.2) is 4.98 Å². The highest BCUT2D eigenvalue weighted by atomic mass is 127. The molecule has 1 aromatic heterocycles. The van der Waals surface area contributed by atoms with Crippen molar-refractivity contribution in [2.24, 2.45) is 0 Å². The first kappa shape index (κ1) is 12.3. The largest absolute Gasteiger partial charge is 0.483 e. The van der Waals surface area contributed by atoms with Gasteiger partial charge in [-0.15, -0.1) is 0 Å². The highest BCUT2D eigenvalue weighted by Gasteiger charge is 2.07. The topological polar surface area (TPSA) is 61.3 Å². The van der Waals surface area contributed by atoms with E-state index in [2.05, 4.69) is 27.6 Å². The molecule has 5 heteroatoms. The average Bonchev–Trinajstić information content (AvgIpc) is 2.79. The van der Waals surface area contributed by atoms with Gasteiger partial charge in [0.25, 0.3) is 0 Å². The molecule has 0 aliphatic rings. The SMILES string of the molecule is Nc1ccc2oc(COc3ccccc3I)nc2c1. The van der Waals surface area contributed by atoms with Crippen molar-refractivity contribution in [3.05, 3.63) is 51.9 Å². The Morgan fingerprint density at radius 3 is 2.89 bits per heavy atom. The first-order valence-corrected chi connectivity index (χ1v) is 6.82. The van der Waals surface area contributed by atoms with Crippen LogP contribution >= 0.6 is 22.6 Å². The molecule has 0 spiro atoms. The van der Waals surface area contributed by atoms with Crippen LogP contribution in [0.3, 0.4) is 0 Å². The van der Waals surface area contributed by atoms with Crippen LogP contribution in [0.25, 0.3) is 11.1 Å². The molecule has 0 atom stereocenters. The van der Waals surface area contributed by atoms with Gasteiger partial charge in [-0.25, -0.2) is 4.98 Å². The summed E-state index contributed by atoms with van der Waals surface area (Å²) >= 11 is 2.23. The lowest BCUT2D eigenvalue weighted by atomic mass is 10.3. The van der Waals surface area contributed by atoms with E-state index in [1.54, 1.807) is 12.1 Å². The maximum Gasteiger partial charge on any atom is 0.233 e. The number of nitrogens with zero attached hydrogens (tertiary/aromatic N) is 1. The molecule has 19 heavy (non-hydrogen) atoms. The van der Waals surface area contributed by atoms with E-state index in [-0.39, 0.29) is 0 Å². The van der Waals surface area contributed by atoms with Crippen molar-refractivity contribution in [3.8, 4) is 5.75 Å². The summed E-state index contributed by atoms with van der Waals surface area (Å²) < 4.78 is 12.3. The van der Waals surface area contributed by atoms with Gasteiger partial charge in [-0.2, -0.15) is 0 Å². The summed E-state index contributed by atoms with van der Waals surface area (Å²) in [5.74, 6) is 1.37.